The average molecular weight is 354 g/mol. The fraction of sp³-hybridized carbons (Fsp3) is 0.300. The van der Waals surface area contributed by atoms with Gasteiger partial charge in [0.2, 0.25) is 5.91 Å². The number of hydrogen-bond acceptors (Lipinski definition) is 3. The first-order valence-corrected chi connectivity index (χ1v) is 9.45. The van der Waals surface area contributed by atoms with Gasteiger partial charge in [-0.15, -0.1) is 11.8 Å². The zero-order valence-electron chi connectivity index (χ0n) is 14.7. The lowest BCUT2D eigenvalue weighted by Gasteiger charge is -2.24. The Morgan fingerprint density at radius 2 is 1.72 bits per heavy atom. The second-order valence-electron chi connectivity index (χ2n) is 6.42. The molecular weight excluding hydrogens is 332 g/mol. The molecule has 2 amide bonds. The van der Waals surface area contributed by atoms with Crippen molar-refractivity contribution in [3.05, 3.63) is 64.7 Å². The second kappa shape index (κ2) is 7.31. The van der Waals surface area contributed by atoms with E-state index in [0.29, 0.717) is 17.2 Å². The van der Waals surface area contributed by atoms with Crippen LogP contribution in [0.2, 0.25) is 0 Å². The number of nitrogens with one attached hydrogen (secondary N) is 1. The largest absolute Gasteiger partial charge is 0.324 e. The highest BCUT2D eigenvalue weighted by molar-refractivity contribution is 7.99. The van der Waals surface area contributed by atoms with Gasteiger partial charge < -0.3 is 10.2 Å². The molecule has 1 fully saturated rings. The molecule has 2 aromatic carbocycles. The van der Waals surface area contributed by atoms with Gasteiger partial charge in [0.05, 0.1) is 5.88 Å². The van der Waals surface area contributed by atoms with Crippen molar-refractivity contribution >= 4 is 29.3 Å². The van der Waals surface area contributed by atoms with E-state index in [0.717, 1.165) is 16.8 Å². The molecule has 1 heterocycles. The molecule has 0 radical (unpaired) electrons. The van der Waals surface area contributed by atoms with Crippen LogP contribution >= 0.6 is 11.8 Å². The zero-order valence-corrected chi connectivity index (χ0v) is 15.5. The van der Waals surface area contributed by atoms with Gasteiger partial charge in [0.25, 0.3) is 5.91 Å². The molecule has 2 aromatic rings. The molecule has 1 aliphatic heterocycles. The van der Waals surface area contributed by atoms with E-state index in [4.69, 9.17) is 0 Å². The predicted molar refractivity (Wildman–Crippen MR) is 103 cm³/mol. The highest BCUT2D eigenvalue weighted by atomic mass is 32.2. The third-order valence-corrected chi connectivity index (χ3v) is 5.40. The summed E-state index contributed by atoms with van der Waals surface area (Å²) in [5.74, 6) is 0.943. The number of carbonyl (C=O) groups is 2. The molecule has 1 unspecified atom stereocenters. The van der Waals surface area contributed by atoms with Crippen molar-refractivity contribution in [2.45, 2.75) is 26.8 Å². The molecule has 1 N–H and O–H groups in total. The Bertz CT molecular complexity index is 782. The fourth-order valence-electron chi connectivity index (χ4n) is 3.19. The topological polar surface area (TPSA) is 49.4 Å². The van der Waals surface area contributed by atoms with Crippen LogP contribution in [0.5, 0.6) is 0 Å². The SMILES string of the molecule is Cc1cc(C)c(NC(=O)C2CSCN2C(=O)c2ccccc2)c(C)c1. The number of hydrogen-bond donors (Lipinski definition) is 1. The van der Waals surface area contributed by atoms with E-state index in [1.807, 2.05) is 39.0 Å². The lowest BCUT2D eigenvalue weighted by Crippen LogP contribution is -2.44. The van der Waals surface area contributed by atoms with Crippen molar-refractivity contribution in [1.29, 1.82) is 0 Å². The first-order chi connectivity index (χ1) is 12.0. The van der Waals surface area contributed by atoms with Crippen LogP contribution in [-0.2, 0) is 4.79 Å². The summed E-state index contributed by atoms with van der Waals surface area (Å²) in [4.78, 5) is 27.2. The summed E-state index contributed by atoms with van der Waals surface area (Å²) in [6.07, 6.45) is 0. The van der Waals surface area contributed by atoms with Gasteiger partial charge in [-0.05, 0) is 44.0 Å². The van der Waals surface area contributed by atoms with E-state index in [1.165, 1.54) is 5.56 Å². The van der Waals surface area contributed by atoms with Gasteiger partial charge in [-0.3, -0.25) is 9.59 Å². The lowest BCUT2D eigenvalue weighted by atomic mass is 10.0. The molecule has 130 valence electrons. The fourth-order valence-corrected chi connectivity index (χ4v) is 4.34. The zero-order chi connectivity index (χ0) is 18.0. The summed E-state index contributed by atoms with van der Waals surface area (Å²) in [5.41, 5.74) is 4.71. The second-order valence-corrected chi connectivity index (χ2v) is 7.42. The van der Waals surface area contributed by atoms with E-state index in [1.54, 1.807) is 28.8 Å². The Morgan fingerprint density at radius 1 is 1.08 bits per heavy atom. The summed E-state index contributed by atoms with van der Waals surface area (Å²) >= 11 is 1.61. The first-order valence-electron chi connectivity index (χ1n) is 8.30. The Morgan fingerprint density at radius 3 is 2.36 bits per heavy atom. The smallest absolute Gasteiger partial charge is 0.255 e. The molecule has 1 aliphatic rings. The number of rotatable bonds is 3. The minimum absolute atomic E-state index is 0.0944. The van der Waals surface area contributed by atoms with Crippen molar-refractivity contribution in [1.82, 2.24) is 4.90 Å². The molecule has 0 saturated carbocycles. The molecule has 3 rings (SSSR count). The number of thioether (sulfide) groups is 1. The molecule has 0 aromatic heterocycles. The molecular formula is C20H22N2O2S. The third kappa shape index (κ3) is 3.71. The highest BCUT2D eigenvalue weighted by Crippen LogP contribution is 2.26. The van der Waals surface area contributed by atoms with Crippen molar-refractivity contribution in [3.8, 4) is 0 Å². The standard InChI is InChI=1S/C20H22N2O2S/c1-13-9-14(2)18(15(3)10-13)21-19(23)17-11-25-12-22(17)20(24)16-7-5-4-6-8-16/h4-10,17H,11-12H2,1-3H3,(H,21,23). The van der Waals surface area contributed by atoms with Crippen LogP contribution < -0.4 is 5.32 Å². The maximum Gasteiger partial charge on any atom is 0.255 e. The van der Waals surface area contributed by atoms with E-state index in [-0.39, 0.29) is 11.8 Å². The molecule has 0 bridgehead atoms. The van der Waals surface area contributed by atoms with Crippen LogP contribution in [-0.4, -0.2) is 34.4 Å². The Kier molecular flexibility index (Phi) is 5.13. The number of aryl methyl sites for hydroxylation is 3. The summed E-state index contributed by atoms with van der Waals surface area (Å²) in [6.45, 7) is 6.03. The first kappa shape index (κ1) is 17.5. The van der Waals surface area contributed by atoms with Crippen LogP contribution in [0.4, 0.5) is 5.69 Å². The van der Waals surface area contributed by atoms with Gasteiger partial charge in [0.1, 0.15) is 6.04 Å². The van der Waals surface area contributed by atoms with Gasteiger partial charge in [-0.2, -0.15) is 0 Å². The number of anilines is 1. The maximum atomic E-state index is 12.8. The van der Waals surface area contributed by atoms with Gasteiger partial charge in [0, 0.05) is 17.0 Å². The molecule has 1 atom stereocenters. The van der Waals surface area contributed by atoms with E-state index >= 15 is 0 Å². The number of carbonyl (C=O) groups excluding carboxylic acids is 2. The van der Waals surface area contributed by atoms with Crippen molar-refractivity contribution in [3.63, 3.8) is 0 Å². The van der Waals surface area contributed by atoms with Gasteiger partial charge in [0.15, 0.2) is 0 Å². The van der Waals surface area contributed by atoms with Crippen molar-refractivity contribution < 1.29 is 9.59 Å². The third-order valence-electron chi connectivity index (χ3n) is 4.39. The summed E-state index contributed by atoms with van der Waals surface area (Å²) in [5, 5.41) is 3.04. The van der Waals surface area contributed by atoms with Crippen LogP contribution in [0.3, 0.4) is 0 Å². The molecule has 1 saturated heterocycles. The average Bonchev–Trinajstić information content (AvgIpc) is 3.07. The Labute approximate surface area is 152 Å². The van der Waals surface area contributed by atoms with E-state index in [9.17, 15) is 9.59 Å². The van der Waals surface area contributed by atoms with Gasteiger partial charge in [-0.1, -0.05) is 35.9 Å². The number of amides is 2. The van der Waals surface area contributed by atoms with Gasteiger partial charge >= 0.3 is 0 Å². The van der Waals surface area contributed by atoms with Crippen LogP contribution in [0, 0.1) is 20.8 Å². The van der Waals surface area contributed by atoms with Crippen molar-refractivity contribution in [2.24, 2.45) is 0 Å². The number of nitrogens with zero attached hydrogens (tertiary/aromatic N) is 1. The molecule has 0 spiro atoms. The highest BCUT2D eigenvalue weighted by Gasteiger charge is 2.35. The lowest BCUT2D eigenvalue weighted by molar-refractivity contribution is -0.119. The van der Waals surface area contributed by atoms with Crippen LogP contribution in [0.1, 0.15) is 27.0 Å². The maximum absolute atomic E-state index is 12.8. The molecule has 25 heavy (non-hydrogen) atoms. The van der Waals surface area contributed by atoms with Crippen molar-refractivity contribution in [2.75, 3.05) is 16.9 Å². The summed E-state index contributed by atoms with van der Waals surface area (Å²) in [7, 11) is 0. The molecule has 4 nitrogen and oxygen atoms in total. The summed E-state index contributed by atoms with van der Waals surface area (Å²) in [6, 6.07) is 12.8. The Balaban J connectivity index is 1.79. The summed E-state index contributed by atoms with van der Waals surface area (Å²) < 4.78 is 0. The van der Waals surface area contributed by atoms with Crippen LogP contribution in [0.25, 0.3) is 0 Å². The predicted octanol–water partition coefficient (Wildman–Crippen LogP) is 3.77. The van der Waals surface area contributed by atoms with Gasteiger partial charge in [-0.25, -0.2) is 0 Å². The minimum Gasteiger partial charge on any atom is -0.324 e. The molecule has 5 heteroatoms. The Hall–Kier alpha value is -2.27. The van der Waals surface area contributed by atoms with E-state index in [2.05, 4.69) is 17.4 Å². The molecule has 0 aliphatic carbocycles. The number of benzene rings is 2. The normalized spacial score (nSPS) is 16.8. The minimum atomic E-state index is -0.446. The monoisotopic (exact) mass is 354 g/mol. The quantitative estimate of drug-likeness (QED) is 0.913. The van der Waals surface area contributed by atoms with Crippen LogP contribution in [0.15, 0.2) is 42.5 Å². The van der Waals surface area contributed by atoms with E-state index < -0.39 is 6.04 Å².